The number of anilines is 2. The maximum absolute atomic E-state index is 14.8. The molecule has 1 saturated heterocycles. The molecule has 3 atom stereocenters. The van der Waals surface area contributed by atoms with Crippen molar-refractivity contribution in [2.45, 2.75) is 25.8 Å². The van der Waals surface area contributed by atoms with Crippen molar-refractivity contribution in [3.05, 3.63) is 76.5 Å². The second-order valence-corrected chi connectivity index (χ2v) is 10.5. The third kappa shape index (κ3) is 4.96. The van der Waals surface area contributed by atoms with Gasteiger partial charge in [0.1, 0.15) is 11.7 Å². The lowest BCUT2D eigenvalue weighted by molar-refractivity contribution is -0.118. The first-order valence-corrected chi connectivity index (χ1v) is 13.2. The molecular weight excluding hydrogens is 577 g/mol. The average Bonchev–Trinajstić information content (AvgIpc) is 3.49. The van der Waals surface area contributed by atoms with Crippen LogP contribution in [0.25, 0.3) is 11.3 Å². The van der Waals surface area contributed by atoms with E-state index < -0.39 is 35.3 Å². The van der Waals surface area contributed by atoms with Gasteiger partial charge in [-0.15, -0.1) is 0 Å². The number of hydrogen-bond acceptors (Lipinski definition) is 8. The van der Waals surface area contributed by atoms with Crippen molar-refractivity contribution in [3.8, 4) is 11.3 Å². The van der Waals surface area contributed by atoms with Crippen LogP contribution in [0.15, 0.2) is 43.1 Å². The number of fused-ring (bicyclic) bond motifs is 1. The summed E-state index contributed by atoms with van der Waals surface area (Å²) in [6, 6.07) is 1.31. The van der Waals surface area contributed by atoms with Crippen molar-refractivity contribution in [1.29, 1.82) is 0 Å². The number of rotatable bonds is 8. The first-order chi connectivity index (χ1) is 20.2. The molecule has 15 heteroatoms. The van der Waals surface area contributed by atoms with E-state index in [4.69, 9.17) is 11.6 Å². The van der Waals surface area contributed by atoms with Crippen LogP contribution in [0.1, 0.15) is 46.2 Å². The molecule has 1 saturated carbocycles. The number of benzene rings is 1. The lowest BCUT2D eigenvalue weighted by atomic mass is 10.0. The number of amides is 2. The highest BCUT2D eigenvalue weighted by Gasteiger charge is 2.53. The monoisotopic (exact) mass is 598 g/mol. The van der Waals surface area contributed by atoms with E-state index in [2.05, 4.69) is 30.4 Å². The van der Waals surface area contributed by atoms with Crippen LogP contribution in [0.4, 0.5) is 24.8 Å². The number of carbonyl (C=O) groups excluding carboxylic acids is 2. The maximum atomic E-state index is 14.8. The molecule has 11 nitrogen and oxygen atoms in total. The third-order valence-electron chi connectivity index (χ3n) is 7.35. The van der Waals surface area contributed by atoms with Gasteiger partial charge >= 0.3 is 0 Å². The van der Waals surface area contributed by atoms with Crippen molar-refractivity contribution in [2.24, 2.45) is 11.8 Å². The summed E-state index contributed by atoms with van der Waals surface area (Å²) in [5, 5.41) is 16.5. The van der Waals surface area contributed by atoms with Gasteiger partial charge in [0.05, 0.1) is 41.1 Å². The fraction of sp³-hybridized carbons (Fsp3) is 0.296. The zero-order valence-corrected chi connectivity index (χ0v) is 22.6. The Morgan fingerprint density at radius 2 is 1.95 bits per heavy atom. The van der Waals surface area contributed by atoms with Gasteiger partial charge in [-0.05, 0) is 25.3 Å². The summed E-state index contributed by atoms with van der Waals surface area (Å²) >= 11 is 5.82. The molecule has 2 N–H and O–H groups in total. The quantitative estimate of drug-likeness (QED) is 0.310. The van der Waals surface area contributed by atoms with Crippen molar-refractivity contribution in [2.75, 3.05) is 23.4 Å². The average molecular weight is 599 g/mol. The number of hydrogen-bond donors (Lipinski definition) is 2. The van der Waals surface area contributed by atoms with Crippen molar-refractivity contribution < 1.29 is 27.9 Å². The second kappa shape index (κ2) is 10.8. The van der Waals surface area contributed by atoms with Crippen LogP contribution in [0, 0.1) is 24.6 Å². The van der Waals surface area contributed by atoms with E-state index in [9.17, 15) is 27.9 Å². The Morgan fingerprint density at radius 1 is 1.19 bits per heavy atom. The summed E-state index contributed by atoms with van der Waals surface area (Å²) in [7, 11) is 0. The smallest absolute Gasteiger partial charge is 0.276 e. The first kappa shape index (κ1) is 27.7. The maximum Gasteiger partial charge on any atom is 0.276 e. The summed E-state index contributed by atoms with van der Waals surface area (Å²) < 4.78 is 43.4. The number of piperidine rings is 1. The Bertz CT molecular complexity index is 1700. The van der Waals surface area contributed by atoms with Gasteiger partial charge in [0.2, 0.25) is 11.9 Å². The minimum atomic E-state index is -3.02. The van der Waals surface area contributed by atoms with Gasteiger partial charge in [-0.1, -0.05) is 17.7 Å². The molecule has 0 radical (unpaired) electrons. The molecule has 0 unspecified atom stereocenters. The summed E-state index contributed by atoms with van der Waals surface area (Å²) in [6.45, 7) is 1.72. The predicted molar refractivity (Wildman–Crippen MR) is 144 cm³/mol. The lowest BCUT2D eigenvalue weighted by Gasteiger charge is -2.18. The molecule has 1 aliphatic heterocycles. The van der Waals surface area contributed by atoms with Gasteiger partial charge in [0.15, 0.2) is 5.82 Å². The van der Waals surface area contributed by atoms with Crippen LogP contribution in [-0.2, 0) is 4.79 Å². The number of halogens is 4. The number of aromatic nitrogens is 6. The minimum Gasteiger partial charge on any atom is -0.394 e. The molecule has 0 spiro atoms. The Morgan fingerprint density at radius 3 is 2.62 bits per heavy atom. The van der Waals surface area contributed by atoms with Crippen molar-refractivity contribution in [3.63, 3.8) is 0 Å². The van der Waals surface area contributed by atoms with E-state index in [0.29, 0.717) is 24.0 Å². The fourth-order valence-corrected chi connectivity index (χ4v) is 5.15. The number of aliphatic hydroxyl groups excluding tert-OH is 1. The number of aliphatic hydroxyl groups is 1. The molecular formula is C27H22ClF3N8O3. The summed E-state index contributed by atoms with van der Waals surface area (Å²) in [4.78, 5) is 43.8. The van der Waals surface area contributed by atoms with E-state index >= 15 is 0 Å². The van der Waals surface area contributed by atoms with Crippen LogP contribution < -0.4 is 10.2 Å². The van der Waals surface area contributed by atoms with E-state index in [-0.39, 0.29) is 46.2 Å². The van der Waals surface area contributed by atoms with Gasteiger partial charge < -0.3 is 10.4 Å². The van der Waals surface area contributed by atoms with Crippen molar-refractivity contribution >= 4 is 35.1 Å². The number of carbonyl (C=O) groups is 2. The van der Waals surface area contributed by atoms with Gasteiger partial charge in [-0.3, -0.25) is 24.2 Å². The van der Waals surface area contributed by atoms with Gasteiger partial charge in [-0.25, -0.2) is 28.1 Å². The molecule has 1 aromatic carbocycles. The Hall–Kier alpha value is -4.43. The molecule has 4 aromatic rings. The largest absolute Gasteiger partial charge is 0.394 e. The highest BCUT2D eigenvalue weighted by Crippen LogP contribution is 2.46. The van der Waals surface area contributed by atoms with Crippen molar-refractivity contribution in [1.82, 2.24) is 29.7 Å². The first-order valence-electron chi connectivity index (χ1n) is 12.9. The minimum absolute atomic E-state index is 0.0246. The molecule has 2 amide bonds. The topological polar surface area (TPSA) is 139 Å². The highest BCUT2D eigenvalue weighted by molar-refractivity contribution is 6.31. The molecule has 4 heterocycles. The van der Waals surface area contributed by atoms with E-state index in [1.807, 2.05) is 0 Å². The Balaban J connectivity index is 1.21. The summed E-state index contributed by atoms with van der Waals surface area (Å²) in [6.07, 6.45) is 4.79. The fourth-order valence-electron chi connectivity index (χ4n) is 5.00. The Kier molecular flexibility index (Phi) is 7.10. The van der Waals surface area contributed by atoms with E-state index in [1.54, 1.807) is 4.90 Å². The molecule has 42 heavy (non-hydrogen) atoms. The lowest BCUT2D eigenvalue weighted by Crippen LogP contribution is -2.29. The molecule has 0 bridgehead atoms. The van der Waals surface area contributed by atoms with Crippen LogP contribution in [0.3, 0.4) is 0 Å². The zero-order valence-electron chi connectivity index (χ0n) is 21.9. The zero-order chi connectivity index (χ0) is 29.7. The van der Waals surface area contributed by atoms with Gasteiger partial charge in [0.25, 0.3) is 12.3 Å². The number of nitrogens with zero attached hydrogens (tertiary/aromatic N) is 7. The molecule has 3 aromatic heterocycles. The number of alkyl halides is 2. The third-order valence-corrected chi connectivity index (χ3v) is 7.64. The van der Waals surface area contributed by atoms with E-state index in [1.165, 1.54) is 36.4 Å². The van der Waals surface area contributed by atoms with Crippen LogP contribution in [0.5, 0.6) is 0 Å². The highest BCUT2D eigenvalue weighted by atomic mass is 35.5. The number of nitrogens with one attached hydrogen (secondary N) is 1. The molecule has 2 fully saturated rings. The molecule has 1 aliphatic carbocycles. The Labute approximate surface area is 241 Å². The SMILES string of the molecule is Cc1ncc(-c2c(C(F)F)ccc(Cl)c2F)nc1C(=O)Nc1cnn([C@H](CO)c2cnc(N3C[C@H]4C[C@H]4C3=O)nc2)c1. The van der Waals surface area contributed by atoms with Crippen LogP contribution in [0.2, 0.25) is 5.02 Å². The summed E-state index contributed by atoms with van der Waals surface area (Å²) in [5.74, 6) is -1.08. The van der Waals surface area contributed by atoms with Gasteiger partial charge in [-0.2, -0.15) is 5.10 Å². The van der Waals surface area contributed by atoms with Crippen LogP contribution >= 0.6 is 11.6 Å². The summed E-state index contributed by atoms with van der Waals surface area (Å²) in [5.41, 5.74) is -0.776. The number of aryl methyl sites for hydroxylation is 1. The van der Waals surface area contributed by atoms with Crippen LogP contribution in [-0.4, -0.2) is 59.8 Å². The molecule has 2 aliphatic rings. The predicted octanol–water partition coefficient (Wildman–Crippen LogP) is 3.99. The normalized spacial score (nSPS) is 18.4. The molecule has 216 valence electrons. The molecule has 6 rings (SSSR count). The van der Waals surface area contributed by atoms with E-state index in [0.717, 1.165) is 24.8 Å². The second-order valence-electron chi connectivity index (χ2n) is 10.0. The van der Waals surface area contributed by atoms with Gasteiger partial charge in [0, 0.05) is 47.7 Å². The standard InChI is InChI=1S/C27H22ClF3N8O3/c1-12-23(37-19(8-32-12)21-16(24(30)31)2-3-18(28)22(21)29)25(41)36-15-7-35-39(10-15)20(11-40)14-5-33-27(34-6-14)38-9-13-4-17(13)26(38)42/h2-3,5-8,10,13,17,20,24,40H,4,9,11H2,1H3,(H,36,41)/t13-,17-,20-/m1/s1.